The Labute approximate surface area is 78.1 Å². The number of aliphatic hydroxyl groups excluding tert-OH is 1. The number of rotatable bonds is 4. The topological polar surface area (TPSA) is 47.3 Å². The van der Waals surface area contributed by atoms with Gasteiger partial charge in [-0.15, -0.1) is 0 Å². The van der Waals surface area contributed by atoms with Crippen LogP contribution in [0.15, 0.2) is 6.20 Å². The molecule has 0 saturated heterocycles. The van der Waals surface area contributed by atoms with Crippen molar-refractivity contribution in [3.63, 3.8) is 0 Å². The molecular formula is C9H16N2O2. The van der Waals surface area contributed by atoms with Crippen LogP contribution < -0.4 is 4.74 Å². The third kappa shape index (κ3) is 2.01. The largest absolute Gasteiger partial charge is 0.481 e. The molecule has 0 aromatic carbocycles. The van der Waals surface area contributed by atoms with Gasteiger partial charge >= 0.3 is 0 Å². The van der Waals surface area contributed by atoms with E-state index in [9.17, 15) is 0 Å². The minimum atomic E-state index is 0.125. The van der Waals surface area contributed by atoms with Crippen LogP contribution in [0.2, 0.25) is 0 Å². The van der Waals surface area contributed by atoms with Gasteiger partial charge in [0.1, 0.15) is 0 Å². The number of aliphatic hydroxyl groups is 1. The predicted molar refractivity (Wildman–Crippen MR) is 50.0 cm³/mol. The number of methoxy groups -OCH3 is 1. The van der Waals surface area contributed by atoms with Gasteiger partial charge in [-0.05, 0) is 13.8 Å². The maximum Gasteiger partial charge on any atom is 0.215 e. The molecular weight excluding hydrogens is 168 g/mol. The summed E-state index contributed by atoms with van der Waals surface area (Å²) < 4.78 is 7.03. The monoisotopic (exact) mass is 184 g/mol. The molecule has 74 valence electrons. The minimum absolute atomic E-state index is 0.125. The highest BCUT2D eigenvalue weighted by Gasteiger charge is 2.12. The van der Waals surface area contributed by atoms with Gasteiger partial charge in [0.05, 0.1) is 19.3 Å². The average molecular weight is 184 g/mol. The molecule has 0 unspecified atom stereocenters. The third-order valence-electron chi connectivity index (χ3n) is 1.88. The molecule has 0 amide bonds. The summed E-state index contributed by atoms with van der Waals surface area (Å²) in [6.45, 7) is 4.20. The molecule has 4 nitrogen and oxygen atoms in total. The molecule has 0 aliphatic rings. The molecule has 1 aromatic heterocycles. The van der Waals surface area contributed by atoms with Crippen molar-refractivity contribution in [2.75, 3.05) is 13.7 Å². The molecule has 0 bridgehead atoms. The molecule has 0 radical (unpaired) electrons. The second-order valence-electron chi connectivity index (χ2n) is 3.19. The Morgan fingerprint density at radius 3 is 2.77 bits per heavy atom. The third-order valence-corrected chi connectivity index (χ3v) is 1.88. The molecule has 0 atom stereocenters. The molecule has 0 fully saturated rings. The first kappa shape index (κ1) is 10.1. The van der Waals surface area contributed by atoms with E-state index in [1.54, 1.807) is 13.3 Å². The van der Waals surface area contributed by atoms with Crippen LogP contribution in [-0.4, -0.2) is 28.6 Å². The quantitative estimate of drug-likeness (QED) is 0.759. The van der Waals surface area contributed by atoms with Crippen LogP contribution in [0.4, 0.5) is 0 Å². The molecule has 1 N–H and O–H groups in total. The van der Waals surface area contributed by atoms with Gasteiger partial charge in [-0.2, -0.15) is 5.10 Å². The zero-order chi connectivity index (χ0) is 9.84. The normalized spacial score (nSPS) is 10.8. The Balaban J connectivity index is 2.96. The Morgan fingerprint density at radius 2 is 2.31 bits per heavy atom. The molecule has 1 aromatic rings. The van der Waals surface area contributed by atoms with Crippen LogP contribution in [0.1, 0.15) is 25.5 Å². The fourth-order valence-electron chi connectivity index (χ4n) is 1.27. The van der Waals surface area contributed by atoms with Crippen molar-refractivity contribution in [2.24, 2.45) is 0 Å². The molecule has 0 spiro atoms. The van der Waals surface area contributed by atoms with Crippen LogP contribution >= 0.6 is 0 Å². The van der Waals surface area contributed by atoms with Gasteiger partial charge in [0.25, 0.3) is 0 Å². The Bertz CT molecular complexity index is 269. The van der Waals surface area contributed by atoms with E-state index in [0.717, 1.165) is 11.4 Å². The SMILES string of the molecule is COc1c(CCO)cnn1C(C)C. The van der Waals surface area contributed by atoms with Crippen molar-refractivity contribution in [2.45, 2.75) is 26.3 Å². The maximum absolute atomic E-state index is 8.79. The van der Waals surface area contributed by atoms with E-state index >= 15 is 0 Å². The van der Waals surface area contributed by atoms with Gasteiger partial charge in [-0.1, -0.05) is 0 Å². The van der Waals surface area contributed by atoms with Gasteiger partial charge in [-0.25, -0.2) is 4.68 Å². The summed E-state index contributed by atoms with van der Waals surface area (Å²) in [6, 6.07) is 0.280. The van der Waals surface area contributed by atoms with Crippen LogP contribution in [0, 0.1) is 0 Å². The van der Waals surface area contributed by atoms with Gasteiger partial charge in [0.2, 0.25) is 5.88 Å². The average Bonchev–Trinajstić information content (AvgIpc) is 2.48. The number of nitrogens with zero attached hydrogens (tertiary/aromatic N) is 2. The zero-order valence-corrected chi connectivity index (χ0v) is 8.32. The van der Waals surface area contributed by atoms with Crippen molar-refractivity contribution in [1.29, 1.82) is 0 Å². The van der Waals surface area contributed by atoms with Crippen LogP contribution in [0.25, 0.3) is 0 Å². The van der Waals surface area contributed by atoms with E-state index in [1.165, 1.54) is 0 Å². The summed E-state index contributed by atoms with van der Waals surface area (Å²) in [7, 11) is 1.62. The van der Waals surface area contributed by atoms with E-state index in [2.05, 4.69) is 5.10 Å². The highest BCUT2D eigenvalue weighted by atomic mass is 16.5. The van der Waals surface area contributed by atoms with E-state index < -0.39 is 0 Å². The van der Waals surface area contributed by atoms with Gasteiger partial charge < -0.3 is 9.84 Å². The molecule has 4 heteroatoms. The number of hydrogen-bond donors (Lipinski definition) is 1. The predicted octanol–water partition coefficient (Wildman–Crippen LogP) is 1.01. The summed E-state index contributed by atoms with van der Waals surface area (Å²) in [5.74, 6) is 0.754. The minimum Gasteiger partial charge on any atom is -0.481 e. The number of ether oxygens (including phenoxy) is 1. The summed E-state index contributed by atoms with van der Waals surface area (Å²) in [5, 5.41) is 13.0. The molecule has 1 rings (SSSR count). The lowest BCUT2D eigenvalue weighted by Gasteiger charge is -2.10. The van der Waals surface area contributed by atoms with Gasteiger partial charge in [-0.3, -0.25) is 0 Å². The van der Waals surface area contributed by atoms with Crippen molar-refractivity contribution >= 4 is 0 Å². The molecule has 0 saturated carbocycles. The highest BCUT2D eigenvalue weighted by Crippen LogP contribution is 2.21. The molecule has 13 heavy (non-hydrogen) atoms. The Morgan fingerprint density at radius 1 is 1.62 bits per heavy atom. The summed E-state index contributed by atoms with van der Waals surface area (Å²) in [4.78, 5) is 0. The molecule has 0 aliphatic carbocycles. The lowest BCUT2D eigenvalue weighted by molar-refractivity contribution is 0.293. The smallest absolute Gasteiger partial charge is 0.215 e. The Hall–Kier alpha value is -1.03. The molecule has 1 heterocycles. The lowest BCUT2D eigenvalue weighted by atomic mass is 10.2. The fraction of sp³-hybridized carbons (Fsp3) is 0.667. The summed E-state index contributed by atoms with van der Waals surface area (Å²) in [5.41, 5.74) is 0.957. The fourth-order valence-corrected chi connectivity index (χ4v) is 1.27. The van der Waals surface area contributed by atoms with Crippen molar-refractivity contribution in [1.82, 2.24) is 9.78 Å². The first-order valence-electron chi connectivity index (χ1n) is 4.42. The lowest BCUT2D eigenvalue weighted by Crippen LogP contribution is -2.05. The number of aromatic nitrogens is 2. The first-order valence-corrected chi connectivity index (χ1v) is 4.42. The van der Waals surface area contributed by atoms with Crippen molar-refractivity contribution in [3.8, 4) is 5.88 Å². The van der Waals surface area contributed by atoms with Gasteiger partial charge in [0.15, 0.2) is 0 Å². The standard InChI is InChI=1S/C9H16N2O2/c1-7(2)11-9(13-3)8(4-5-12)6-10-11/h6-7,12H,4-5H2,1-3H3. The molecule has 0 aliphatic heterocycles. The van der Waals surface area contributed by atoms with E-state index in [-0.39, 0.29) is 12.6 Å². The first-order chi connectivity index (χ1) is 6.20. The van der Waals surface area contributed by atoms with Crippen molar-refractivity contribution in [3.05, 3.63) is 11.8 Å². The van der Waals surface area contributed by atoms with E-state index in [0.29, 0.717) is 6.42 Å². The van der Waals surface area contributed by atoms with Crippen LogP contribution in [0.3, 0.4) is 0 Å². The number of hydrogen-bond acceptors (Lipinski definition) is 3. The highest BCUT2D eigenvalue weighted by molar-refractivity contribution is 5.24. The summed E-state index contributed by atoms with van der Waals surface area (Å²) in [6.07, 6.45) is 2.34. The van der Waals surface area contributed by atoms with Crippen molar-refractivity contribution < 1.29 is 9.84 Å². The van der Waals surface area contributed by atoms with E-state index in [4.69, 9.17) is 9.84 Å². The van der Waals surface area contributed by atoms with Crippen LogP contribution in [0.5, 0.6) is 5.88 Å². The summed E-state index contributed by atoms with van der Waals surface area (Å²) >= 11 is 0. The zero-order valence-electron chi connectivity index (χ0n) is 8.32. The Kier molecular flexibility index (Phi) is 3.31. The second-order valence-corrected chi connectivity index (χ2v) is 3.19. The maximum atomic E-state index is 8.79. The van der Waals surface area contributed by atoms with Crippen LogP contribution in [-0.2, 0) is 6.42 Å². The van der Waals surface area contributed by atoms with E-state index in [1.807, 2.05) is 18.5 Å². The second kappa shape index (κ2) is 4.28. The van der Waals surface area contributed by atoms with Gasteiger partial charge in [0, 0.05) is 18.6 Å².